The molecule has 0 radical (unpaired) electrons. The highest BCUT2D eigenvalue weighted by atomic mass is 15.1. The van der Waals surface area contributed by atoms with Gasteiger partial charge in [-0.05, 0) is 37.1 Å². The first-order valence-corrected chi connectivity index (χ1v) is 7.45. The van der Waals surface area contributed by atoms with Crippen LogP contribution in [0, 0.1) is 6.92 Å². The fourth-order valence-corrected chi connectivity index (χ4v) is 2.43. The molecule has 2 aromatic heterocycles. The molecular weight excluding hydrogens is 272 g/mol. The average molecular weight is 292 g/mol. The van der Waals surface area contributed by atoms with E-state index in [1.54, 1.807) is 12.5 Å². The summed E-state index contributed by atoms with van der Waals surface area (Å²) in [5.74, 6) is 0.889. The number of hydrogen-bond donors (Lipinski definition) is 1. The number of nitrogens with one attached hydrogen (secondary N) is 1. The summed E-state index contributed by atoms with van der Waals surface area (Å²) in [6.45, 7) is 5.11. The van der Waals surface area contributed by atoms with E-state index >= 15 is 0 Å². The van der Waals surface area contributed by atoms with Crippen molar-refractivity contribution in [3.8, 4) is 5.82 Å². The number of aryl methyl sites for hydroxylation is 1. The summed E-state index contributed by atoms with van der Waals surface area (Å²) in [6.07, 6.45) is 7.25. The Morgan fingerprint density at radius 1 is 1.18 bits per heavy atom. The summed E-state index contributed by atoms with van der Waals surface area (Å²) >= 11 is 0. The fourth-order valence-electron chi connectivity index (χ4n) is 2.43. The summed E-state index contributed by atoms with van der Waals surface area (Å²) in [4.78, 5) is 8.43. The third kappa shape index (κ3) is 3.40. The van der Waals surface area contributed by atoms with Crippen LogP contribution in [-0.2, 0) is 6.54 Å². The number of imidazole rings is 1. The van der Waals surface area contributed by atoms with Gasteiger partial charge in [0.15, 0.2) is 0 Å². The molecule has 1 aromatic carbocycles. The van der Waals surface area contributed by atoms with Gasteiger partial charge in [0.1, 0.15) is 12.1 Å². The molecule has 0 aliphatic rings. The Labute approximate surface area is 130 Å². The summed E-state index contributed by atoms with van der Waals surface area (Å²) < 4.78 is 1.91. The van der Waals surface area contributed by atoms with E-state index in [1.807, 2.05) is 23.0 Å². The molecule has 0 saturated heterocycles. The minimum absolute atomic E-state index is 0.310. The maximum absolute atomic E-state index is 4.37. The molecule has 3 aromatic rings. The van der Waals surface area contributed by atoms with Gasteiger partial charge in [-0.25, -0.2) is 9.97 Å². The van der Waals surface area contributed by atoms with Crippen LogP contribution in [0.25, 0.3) is 5.82 Å². The van der Waals surface area contributed by atoms with Crippen LogP contribution in [0.3, 0.4) is 0 Å². The van der Waals surface area contributed by atoms with Crippen LogP contribution in [0.5, 0.6) is 0 Å². The van der Waals surface area contributed by atoms with Gasteiger partial charge in [-0.1, -0.05) is 29.8 Å². The quantitative estimate of drug-likeness (QED) is 0.783. The summed E-state index contributed by atoms with van der Waals surface area (Å²) in [6, 6.07) is 13.0. The van der Waals surface area contributed by atoms with Crippen molar-refractivity contribution < 1.29 is 0 Å². The molecule has 3 rings (SSSR count). The predicted octanol–water partition coefficient (Wildman–Crippen LogP) is 3.43. The topological polar surface area (TPSA) is 42.7 Å². The number of aromatic nitrogens is 3. The molecule has 4 nitrogen and oxygen atoms in total. The monoisotopic (exact) mass is 292 g/mol. The molecule has 0 aliphatic carbocycles. The molecule has 0 bridgehead atoms. The van der Waals surface area contributed by atoms with E-state index < -0.39 is 0 Å². The normalized spacial score (nSPS) is 12.3. The highest BCUT2D eigenvalue weighted by Gasteiger charge is 2.06. The average Bonchev–Trinajstić information content (AvgIpc) is 3.07. The van der Waals surface area contributed by atoms with Crippen LogP contribution in [0.1, 0.15) is 29.7 Å². The van der Waals surface area contributed by atoms with Gasteiger partial charge >= 0.3 is 0 Å². The van der Waals surface area contributed by atoms with Crippen molar-refractivity contribution in [3.63, 3.8) is 0 Å². The van der Waals surface area contributed by atoms with Crippen LogP contribution >= 0.6 is 0 Å². The first-order chi connectivity index (χ1) is 10.7. The van der Waals surface area contributed by atoms with Crippen molar-refractivity contribution >= 4 is 0 Å². The molecule has 0 amide bonds. The van der Waals surface area contributed by atoms with Gasteiger partial charge < -0.3 is 5.32 Å². The van der Waals surface area contributed by atoms with Gasteiger partial charge in [0, 0.05) is 31.2 Å². The SMILES string of the molecule is Cc1cccc(C(C)NCc2ccnc(-n3ccnc3)c2)c1. The Bertz CT molecular complexity index is 734. The Morgan fingerprint density at radius 3 is 2.86 bits per heavy atom. The lowest BCUT2D eigenvalue weighted by Crippen LogP contribution is -2.18. The van der Waals surface area contributed by atoms with E-state index in [9.17, 15) is 0 Å². The van der Waals surface area contributed by atoms with E-state index in [-0.39, 0.29) is 0 Å². The maximum Gasteiger partial charge on any atom is 0.138 e. The molecule has 0 aliphatic heterocycles. The molecule has 4 heteroatoms. The van der Waals surface area contributed by atoms with Crippen LogP contribution in [0.4, 0.5) is 0 Å². The lowest BCUT2D eigenvalue weighted by Gasteiger charge is -2.15. The second-order valence-corrected chi connectivity index (χ2v) is 5.51. The first-order valence-electron chi connectivity index (χ1n) is 7.45. The molecule has 112 valence electrons. The number of benzene rings is 1. The van der Waals surface area contributed by atoms with Crippen molar-refractivity contribution in [3.05, 3.63) is 78.0 Å². The second kappa shape index (κ2) is 6.54. The van der Waals surface area contributed by atoms with Gasteiger partial charge in [0.05, 0.1) is 0 Å². The van der Waals surface area contributed by atoms with Crippen LogP contribution in [-0.4, -0.2) is 14.5 Å². The highest BCUT2D eigenvalue weighted by molar-refractivity contribution is 5.28. The highest BCUT2D eigenvalue weighted by Crippen LogP contribution is 2.15. The van der Waals surface area contributed by atoms with Gasteiger partial charge in [-0.2, -0.15) is 0 Å². The lowest BCUT2D eigenvalue weighted by molar-refractivity contribution is 0.574. The standard InChI is InChI=1S/C18H20N4/c1-14-4-3-5-17(10-14)15(2)21-12-16-6-7-20-18(11-16)22-9-8-19-13-22/h3-11,13,15,21H,12H2,1-2H3. The minimum Gasteiger partial charge on any atom is -0.306 e. The third-order valence-electron chi connectivity index (χ3n) is 3.73. The number of rotatable bonds is 5. The Morgan fingerprint density at radius 2 is 2.09 bits per heavy atom. The molecule has 1 atom stereocenters. The Balaban J connectivity index is 1.68. The number of nitrogens with zero attached hydrogens (tertiary/aromatic N) is 3. The first kappa shape index (κ1) is 14.5. The molecular formula is C18H20N4. The van der Waals surface area contributed by atoms with Gasteiger partial charge in [-0.15, -0.1) is 0 Å². The van der Waals surface area contributed by atoms with E-state index in [2.05, 4.69) is 59.5 Å². The minimum atomic E-state index is 0.310. The molecule has 1 N–H and O–H groups in total. The lowest BCUT2D eigenvalue weighted by atomic mass is 10.1. The van der Waals surface area contributed by atoms with Crippen LogP contribution in [0.15, 0.2) is 61.3 Å². The number of pyridine rings is 1. The zero-order valence-electron chi connectivity index (χ0n) is 12.9. The maximum atomic E-state index is 4.37. The van der Waals surface area contributed by atoms with Crippen molar-refractivity contribution in [2.45, 2.75) is 26.4 Å². The molecule has 0 spiro atoms. The molecule has 0 fully saturated rings. The van der Waals surface area contributed by atoms with Gasteiger partial charge in [0.25, 0.3) is 0 Å². The van der Waals surface area contributed by atoms with Gasteiger partial charge in [-0.3, -0.25) is 4.57 Å². The summed E-state index contributed by atoms with van der Waals surface area (Å²) in [5.41, 5.74) is 3.81. The predicted molar refractivity (Wildman–Crippen MR) is 87.8 cm³/mol. The van der Waals surface area contributed by atoms with E-state index in [0.29, 0.717) is 6.04 Å². The van der Waals surface area contributed by atoms with E-state index in [0.717, 1.165) is 12.4 Å². The molecule has 2 heterocycles. The summed E-state index contributed by atoms with van der Waals surface area (Å²) in [7, 11) is 0. The van der Waals surface area contributed by atoms with Crippen molar-refractivity contribution in [1.29, 1.82) is 0 Å². The van der Waals surface area contributed by atoms with Crippen LogP contribution < -0.4 is 5.32 Å². The number of hydrogen-bond acceptors (Lipinski definition) is 3. The van der Waals surface area contributed by atoms with E-state index in [4.69, 9.17) is 0 Å². The van der Waals surface area contributed by atoms with Crippen LogP contribution in [0.2, 0.25) is 0 Å². The zero-order chi connectivity index (χ0) is 15.4. The largest absolute Gasteiger partial charge is 0.306 e. The molecule has 1 unspecified atom stereocenters. The van der Waals surface area contributed by atoms with Crippen molar-refractivity contribution in [2.75, 3.05) is 0 Å². The van der Waals surface area contributed by atoms with E-state index in [1.165, 1.54) is 16.7 Å². The van der Waals surface area contributed by atoms with Crippen molar-refractivity contribution in [2.24, 2.45) is 0 Å². The molecule has 22 heavy (non-hydrogen) atoms. The molecule has 0 saturated carbocycles. The fraction of sp³-hybridized carbons (Fsp3) is 0.222. The van der Waals surface area contributed by atoms with Gasteiger partial charge in [0.2, 0.25) is 0 Å². The smallest absolute Gasteiger partial charge is 0.138 e. The zero-order valence-corrected chi connectivity index (χ0v) is 12.9. The Hall–Kier alpha value is -2.46. The third-order valence-corrected chi connectivity index (χ3v) is 3.73. The second-order valence-electron chi connectivity index (χ2n) is 5.51. The summed E-state index contributed by atoms with van der Waals surface area (Å²) in [5, 5.41) is 3.56. The van der Waals surface area contributed by atoms with Crippen molar-refractivity contribution in [1.82, 2.24) is 19.9 Å². The Kier molecular flexibility index (Phi) is 4.30.